The summed E-state index contributed by atoms with van der Waals surface area (Å²) in [5.41, 5.74) is -0.513. The van der Waals surface area contributed by atoms with E-state index >= 15 is 0 Å². The van der Waals surface area contributed by atoms with E-state index in [0.29, 0.717) is 25.8 Å². The minimum absolute atomic E-state index is 0.0862. The molecule has 0 spiro atoms. The lowest BCUT2D eigenvalue weighted by Crippen LogP contribution is -2.55. The number of hydrogen-bond acceptors (Lipinski definition) is 6. The molecule has 8 nitrogen and oxygen atoms in total. The second-order valence-electron chi connectivity index (χ2n) is 8.04. The van der Waals surface area contributed by atoms with Crippen molar-refractivity contribution >= 4 is 18.0 Å². The average molecular weight is 421 g/mol. The van der Waals surface area contributed by atoms with Gasteiger partial charge in [0.2, 0.25) is 0 Å². The Labute approximate surface area is 177 Å². The molecular formula is C22H32N2O6. The van der Waals surface area contributed by atoms with Gasteiger partial charge in [-0.3, -0.25) is 9.69 Å². The Morgan fingerprint density at radius 3 is 2.53 bits per heavy atom. The summed E-state index contributed by atoms with van der Waals surface area (Å²) in [6.07, 6.45) is 1.05. The number of methoxy groups -OCH3 is 1. The van der Waals surface area contributed by atoms with E-state index in [2.05, 4.69) is 5.32 Å². The highest BCUT2D eigenvalue weighted by Gasteiger charge is 2.50. The van der Waals surface area contributed by atoms with Crippen LogP contribution in [0.25, 0.3) is 0 Å². The predicted octanol–water partition coefficient (Wildman–Crippen LogP) is 2.81. The molecule has 0 bridgehead atoms. The van der Waals surface area contributed by atoms with E-state index in [1.807, 2.05) is 44.2 Å². The molecule has 1 aliphatic rings. The maximum atomic E-state index is 12.7. The van der Waals surface area contributed by atoms with Gasteiger partial charge in [0.25, 0.3) is 0 Å². The second kappa shape index (κ2) is 11.0. The van der Waals surface area contributed by atoms with Gasteiger partial charge in [0.05, 0.1) is 7.11 Å². The van der Waals surface area contributed by atoms with Crippen molar-refractivity contribution in [2.75, 3.05) is 20.2 Å². The Hall–Kier alpha value is -2.61. The summed E-state index contributed by atoms with van der Waals surface area (Å²) in [5.74, 6) is -1.17. The summed E-state index contributed by atoms with van der Waals surface area (Å²) in [7, 11) is 1.33. The van der Waals surface area contributed by atoms with E-state index in [1.54, 1.807) is 0 Å². The first kappa shape index (κ1) is 23.7. The zero-order valence-corrected chi connectivity index (χ0v) is 17.9. The summed E-state index contributed by atoms with van der Waals surface area (Å²) in [4.78, 5) is 38.2. The first-order valence-corrected chi connectivity index (χ1v) is 10.3. The molecular weight excluding hydrogens is 388 g/mol. The van der Waals surface area contributed by atoms with Crippen LogP contribution >= 0.6 is 0 Å². The van der Waals surface area contributed by atoms with Crippen LogP contribution in [-0.2, 0) is 25.7 Å². The molecule has 2 rings (SSSR count). The van der Waals surface area contributed by atoms with E-state index in [9.17, 15) is 19.5 Å². The largest absolute Gasteiger partial charge is 0.479 e. The molecule has 30 heavy (non-hydrogen) atoms. The fourth-order valence-electron chi connectivity index (χ4n) is 3.86. The number of likely N-dealkylation sites (tertiary alicyclic amines) is 1. The van der Waals surface area contributed by atoms with Gasteiger partial charge in [-0.25, -0.2) is 9.59 Å². The van der Waals surface area contributed by atoms with Crippen molar-refractivity contribution in [3.8, 4) is 0 Å². The molecule has 1 saturated heterocycles. The fraction of sp³-hybridized carbons (Fsp3) is 0.591. The van der Waals surface area contributed by atoms with Crippen LogP contribution in [0.1, 0.15) is 45.1 Å². The zero-order valence-electron chi connectivity index (χ0n) is 17.9. The van der Waals surface area contributed by atoms with Crippen molar-refractivity contribution in [2.45, 2.75) is 57.7 Å². The lowest BCUT2D eigenvalue weighted by Gasteiger charge is -2.34. The molecule has 1 heterocycles. The number of carboxylic acids is 1. The molecule has 166 valence electrons. The Kier molecular flexibility index (Phi) is 8.65. The van der Waals surface area contributed by atoms with Crippen LogP contribution in [0.5, 0.6) is 0 Å². The number of hydrogen-bond donors (Lipinski definition) is 2. The maximum Gasteiger partial charge on any atom is 0.411 e. The number of aliphatic carboxylic acids is 1. The molecule has 1 aromatic carbocycles. The van der Waals surface area contributed by atoms with Crippen LogP contribution in [0.2, 0.25) is 0 Å². The van der Waals surface area contributed by atoms with Gasteiger partial charge in [0.15, 0.2) is 0 Å². The first-order chi connectivity index (χ1) is 14.3. The van der Waals surface area contributed by atoms with Crippen molar-refractivity contribution < 1.29 is 29.0 Å². The van der Waals surface area contributed by atoms with Crippen LogP contribution in [0.4, 0.5) is 4.79 Å². The smallest absolute Gasteiger partial charge is 0.411 e. The minimum atomic E-state index is -1.35. The van der Waals surface area contributed by atoms with Gasteiger partial charge in [-0.2, -0.15) is 0 Å². The van der Waals surface area contributed by atoms with Crippen LogP contribution in [0.3, 0.4) is 0 Å². The fourth-order valence-corrected chi connectivity index (χ4v) is 3.86. The third-order valence-electron chi connectivity index (χ3n) is 5.43. The average Bonchev–Trinajstić information content (AvgIpc) is 3.16. The minimum Gasteiger partial charge on any atom is -0.479 e. The van der Waals surface area contributed by atoms with Crippen LogP contribution < -0.4 is 5.32 Å². The summed E-state index contributed by atoms with van der Waals surface area (Å²) >= 11 is 0. The number of rotatable bonds is 10. The molecule has 0 radical (unpaired) electrons. The third-order valence-corrected chi connectivity index (χ3v) is 5.43. The molecule has 0 unspecified atom stereocenters. The van der Waals surface area contributed by atoms with Crippen molar-refractivity contribution in [1.82, 2.24) is 10.2 Å². The van der Waals surface area contributed by atoms with Crippen LogP contribution in [0, 0.1) is 5.92 Å². The molecule has 0 aliphatic carbocycles. The SMILES string of the molecule is COC(=O)[C@@H](CC(C)C)NCC[C@@]1(C(=O)O)CCCN1C(=O)OCc1ccccc1. The number of nitrogens with zero attached hydrogens (tertiary/aromatic N) is 1. The number of benzene rings is 1. The lowest BCUT2D eigenvalue weighted by atomic mass is 9.91. The number of nitrogens with one attached hydrogen (secondary N) is 1. The van der Waals surface area contributed by atoms with Gasteiger partial charge >= 0.3 is 18.0 Å². The Morgan fingerprint density at radius 1 is 1.23 bits per heavy atom. The normalized spacial score (nSPS) is 19.5. The van der Waals surface area contributed by atoms with E-state index < -0.39 is 23.6 Å². The molecule has 8 heteroatoms. The molecule has 1 fully saturated rings. The predicted molar refractivity (Wildman–Crippen MR) is 111 cm³/mol. The standard InChI is InChI=1S/C22H32N2O6/c1-16(2)14-18(19(25)29-3)23-12-11-22(20(26)27)10-7-13-24(22)21(28)30-15-17-8-5-4-6-9-17/h4-6,8-9,16,18,23H,7,10-15H2,1-3H3,(H,26,27)/t18-,22-/m1/s1. The summed E-state index contributed by atoms with van der Waals surface area (Å²) in [6, 6.07) is 8.73. The van der Waals surface area contributed by atoms with Gasteiger partial charge in [0, 0.05) is 6.54 Å². The van der Waals surface area contributed by atoms with Gasteiger partial charge in [0.1, 0.15) is 18.2 Å². The number of carbonyl (C=O) groups is 3. The molecule has 0 aromatic heterocycles. The van der Waals surface area contributed by atoms with Gasteiger partial charge in [-0.1, -0.05) is 44.2 Å². The Bertz CT molecular complexity index is 724. The van der Waals surface area contributed by atoms with Crippen molar-refractivity contribution in [1.29, 1.82) is 0 Å². The number of carboxylic acid groups (broad SMARTS) is 1. The van der Waals surface area contributed by atoms with Crippen molar-refractivity contribution in [3.63, 3.8) is 0 Å². The van der Waals surface area contributed by atoms with E-state index in [0.717, 1.165) is 5.56 Å². The number of carbonyl (C=O) groups excluding carboxylic acids is 2. The van der Waals surface area contributed by atoms with Crippen molar-refractivity contribution in [3.05, 3.63) is 35.9 Å². The lowest BCUT2D eigenvalue weighted by molar-refractivity contribution is -0.149. The maximum absolute atomic E-state index is 12.7. The molecule has 1 aliphatic heterocycles. The topological polar surface area (TPSA) is 105 Å². The van der Waals surface area contributed by atoms with Crippen LogP contribution in [0.15, 0.2) is 30.3 Å². The highest BCUT2D eigenvalue weighted by molar-refractivity contribution is 5.85. The summed E-state index contributed by atoms with van der Waals surface area (Å²) < 4.78 is 10.2. The highest BCUT2D eigenvalue weighted by Crippen LogP contribution is 2.33. The first-order valence-electron chi connectivity index (χ1n) is 10.3. The van der Waals surface area contributed by atoms with Gasteiger partial charge in [-0.05, 0) is 43.7 Å². The van der Waals surface area contributed by atoms with E-state index in [4.69, 9.17) is 9.47 Å². The Morgan fingerprint density at radius 2 is 1.93 bits per heavy atom. The number of esters is 1. The van der Waals surface area contributed by atoms with E-state index in [-0.39, 0.29) is 31.5 Å². The Balaban J connectivity index is 2.02. The van der Waals surface area contributed by atoms with Crippen LogP contribution in [-0.4, -0.2) is 59.8 Å². The molecule has 2 atom stereocenters. The van der Waals surface area contributed by atoms with Gasteiger partial charge in [-0.15, -0.1) is 0 Å². The number of amides is 1. The summed E-state index contributed by atoms with van der Waals surface area (Å²) in [6.45, 7) is 4.67. The highest BCUT2D eigenvalue weighted by atomic mass is 16.6. The monoisotopic (exact) mass is 420 g/mol. The molecule has 1 aromatic rings. The number of ether oxygens (including phenoxy) is 2. The molecule has 0 saturated carbocycles. The van der Waals surface area contributed by atoms with Crippen molar-refractivity contribution in [2.24, 2.45) is 5.92 Å². The third kappa shape index (κ3) is 5.95. The molecule has 1 amide bonds. The zero-order chi connectivity index (χ0) is 22.1. The quantitative estimate of drug-likeness (QED) is 0.561. The van der Waals surface area contributed by atoms with Gasteiger partial charge < -0.3 is 19.9 Å². The summed E-state index contributed by atoms with van der Waals surface area (Å²) in [5, 5.41) is 13.1. The van der Waals surface area contributed by atoms with E-state index in [1.165, 1.54) is 12.0 Å². The molecule has 2 N–H and O–H groups in total. The second-order valence-corrected chi connectivity index (χ2v) is 8.04.